The van der Waals surface area contributed by atoms with Gasteiger partial charge < -0.3 is 24.1 Å². The minimum Gasteiger partial charge on any atom is -0.496 e. The van der Waals surface area contributed by atoms with Crippen LogP contribution in [0.5, 0.6) is 17.2 Å². The third kappa shape index (κ3) is 3.98. The highest BCUT2D eigenvalue weighted by Crippen LogP contribution is 2.28. The normalized spacial score (nSPS) is 13.2. The van der Waals surface area contributed by atoms with Crippen LogP contribution >= 0.6 is 0 Å². The molecule has 1 amide bonds. The molecule has 1 aromatic carbocycles. The van der Waals surface area contributed by atoms with Crippen molar-refractivity contribution in [2.45, 2.75) is 38.8 Å². The van der Waals surface area contributed by atoms with Crippen molar-refractivity contribution in [1.82, 2.24) is 9.88 Å². The van der Waals surface area contributed by atoms with Crippen molar-refractivity contribution >= 4 is 5.91 Å². The van der Waals surface area contributed by atoms with Gasteiger partial charge in [0.15, 0.2) is 11.5 Å². The Kier molecular flexibility index (Phi) is 6.23. The van der Waals surface area contributed by atoms with E-state index in [1.165, 1.54) is 13.2 Å². The molecule has 7 nitrogen and oxygen atoms in total. The first kappa shape index (κ1) is 19.8. The monoisotopic (exact) mass is 386 g/mol. The third-order valence-electron chi connectivity index (χ3n) is 5.02. The summed E-state index contributed by atoms with van der Waals surface area (Å²) in [7, 11) is 4.63. The summed E-state index contributed by atoms with van der Waals surface area (Å²) in [5.41, 5.74) is 1.96. The zero-order chi connectivity index (χ0) is 20.1. The molecule has 1 aromatic heterocycles. The van der Waals surface area contributed by atoms with Gasteiger partial charge >= 0.3 is 0 Å². The Morgan fingerprint density at radius 3 is 2.46 bits per heavy atom. The molecule has 3 rings (SSSR count). The molecule has 0 fully saturated rings. The van der Waals surface area contributed by atoms with Gasteiger partial charge in [0.05, 0.1) is 21.3 Å². The second-order valence-electron chi connectivity index (χ2n) is 6.71. The van der Waals surface area contributed by atoms with Crippen LogP contribution in [0.15, 0.2) is 29.1 Å². The second kappa shape index (κ2) is 8.82. The molecular weight excluding hydrogens is 360 g/mol. The molecule has 2 aromatic rings. The fraction of sp³-hybridized carbons (Fsp3) is 0.429. The first-order chi connectivity index (χ1) is 13.6. The van der Waals surface area contributed by atoms with Crippen LogP contribution in [0.25, 0.3) is 0 Å². The van der Waals surface area contributed by atoms with Crippen molar-refractivity contribution < 1.29 is 19.0 Å². The minimum atomic E-state index is -0.253. The molecule has 0 spiro atoms. The number of hydrogen-bond donors (Lipinski definition) is 1. The highest BCUT2D eigenvalue weighted by atomic mass is 16.5. The summed E-state index contributed by atoms with van der Waals surface area (Å²) in [6, 6.07) is 6.90. The number of amides is 1. The number of aromatic nitrogens is 1. The van der Waals surface area contributed by atoms with Crippen LogP contribution in [0.4, 0.5) is 0 Å². The van der Waals surface area contributed by atoms with Gasteiger partial charge in [-0.3, -0.25) is 9.59 Å². The first-order valence-electron chi connectivity index (χ1n) is 9.38. The summed E-state index contributed by atoms with van der Waals surface area (Å²) in [5, 5.41) is 2.94. The molecule has 0 unspecified atom stereocenters. The molecule has 28 heavy (non-hydrogen) atoms. The van der Waals surface area contributed by atoms with Gasteiger partial charge in [0.1, 0.15) is 11.3 Å². The maximum atomic E-state index is 13.0. The Morgan fingerprint density at radius 2 is 1.75 bits per heavy atom. The molecule has 0 saturated carbocycles. The van der Waals surface area contributed by atoms with Gasteiger partial charge in [-0.15, -0.1) is 0 Å². The Morgan fingerprint density at radius 1 is 1.00 bits per heavy atom. The Bertz CT molecular complexity index is 920. The smallest absolute Gasteiger partial charge is 0.257 e. The number of ether oxygens (including phenoxy) is 3. The molecule has 1 aliphatic heterocycles. The molecule has 1 N–H and O–H groups in total. The summed E-state index contributed by atoms with van der Waals surface area (Å²) in [6.07, 6.45) is 3.61. The van der Waals surface area contributed by atoms with Crippen molar-refractivity contribution in [2.24, 2.45) is 0 Å². The number of nitrogens with one attached hydrogen (secondary N) is 1. The summed E-state index contributed by atoms with van der Waals surface area (Å²) in [5.74, 6) is 1.30. The van der Waals surface area contributed by atoms with Gasteiger partial charge in [-0.05, 0) is 37.0 Å². The summed E-state index contributed by atoms with van der Waals surface area (Å²) in [4.78, 5) is 25.4. The third-order valence-corrected chi connectivity index (χ3v) is 5.02. The van der Waals surface area contributed by atoms with Crippen molar-refractivity contribution in [2.75, 3.05) is 21.3 Å². The number of hydrogen-bond acceptors (Lipinski definition) is 5. The molecule has 0 saturated heterocycles. The lowest BCUT2D eigenvalue weighted by Crippen LogP contribution is -2.30. The van der Waals surface area contributed by atoms with Gasteiger partial charge in [-0.2, -0.15) is 0 Å². The molecule has 0 bridgehead atoms. The van der Waals surface area contributed by atoms with E-state index in [-0.39, 0.29) is 11.5 Å². The molecule has 0 radical (unpaired) electrons. The van der Waals surface area contributed by atoms with Gasteiger partial charge in [0, 0.05) is 24.8 Å². The topological polar surface area (TPSA) is 78.8 Å². The lowest BCUT2D eigenvalue weighted by atomic mass is 10.1. The number of methoxy groups -OCH3 is 3. The predicted molar refractivity (Wildman–Crippen MR) is 106 cm³/mol. The SMILES string of the molecule is COc1ccc(CNC(=O)c2c(OC)cc(=O)n3c2CCCCC3)cc1OC. The number of nitrogens with zero attached hydrogens (tertiary/aromatic N) is 1. The molecule has 7 heteroatoms. The van der Waals surface area contributed by atoms with Gasteiger partial charge in [0.25, 0.3) is 11.5 Å². The largest absolute Gasteiger partial charge is 0.496 e. The summed E-state index contributed by atoms with van der Waals surface area (Å²) < 4.78 is 17.6. The fourth-order valence-corrected chi connectivity index (χ4v) is 3.58. The van der Waals surface area contributed by atoms with Gasteiger partial charge in [0.2, 0.25) is 0 Å². The number of carbonyl (C=O) groups excluding carboxylic acids is 1. The van der Waals surface area contributed by atoms with Crippen LogP contribution < -0.4 is 25.1 Å². The summed E-state index contributed by atoms with van der Waals surface area (Å²) in [6.45, 7) is 0.953. The van der Waals surface area contributed by atoms with Gasteiger partial charge in [-0.25, -0.2) is 0 Å². The van der Waals surface area contributed by atoms with Gasteiger partial charge in [-0.1, -0.05) is 12.5 Å². The highest BCUT2D eigenvalue weighted by molar-refractivity contribution is 5.98. The number of carbonyl (C=O) groups is 1. The van der Waals surface area contributed by atoms with Crippen molar-refractivity contribution in [1.29, 1.82) is 0 Å². The van der Waals surface area contributed by atoms with Crippen LogP contribution in [0.3, 0.4) is 0 Å². The van der Waals surface area contributed by atoms with E-state index in [0.717, 1.165) is 30.5 Å². The zero-order valence-corrected chi connectivity index (χ0v) is 16.5. The molecular formula is C21H26N2O5. The Balaban J connectivity index is 1.87. The van der Waals surface area contributed by atoms with E-state index < -0.39 is 0 Å². The Hall–Kier alpha value is -2.96. The number of rotatable bonds is 6. The molecule has 1 aliphatic rings. The van der Waals surface area contributed by atoms with E-state index in [9.17, 15) is 9.59 Å². The number of benzene rings is 1. The predicted octanol–water partition coefficient (Wildman–Crippen LogP) is 2.53. The van der Waals surface area contributed by atoms with Crippen LogP contribution in [-0.2, 0) is 19.5 Å². The highest BCUT2D eigenvalue weighted by Gasteiger charge is 2.23. The minimum absolute atomic E-state index is 0.120. The molecule has 0 aliphatic carbocycles. The average Bonchev–Trinajstić information content (AvgIpc) is 2.98. The van der Waals surface area contributed by atoms with E-state index in [1.807, 2.05) is 12.1 Å². The van der Waals surface area contributed by atoms with Crippen LogP contribution in [0, 0.1) is 0 Å². The van der Waals surface area contributed by atoms with Crippen molar-refractivity contribution in [3.8, 4) is 17.2 Å². The van der Waals surface area contributed by atoms with E-state index in [1.54, 1.807) is 24.9 Å². The maximum Gasteiger partial charge on any atom is 0.257 e. The average molecular weight is 386 g/mol. The van der Waals surface area contributed by atoms with E-state index in [0.29, 0.717) is 42.3 Å². The quantitative estimate of drug-likeness (QED) is 0.825. The lowest BCUT2D eigenvalue weighted by Gasteiger charge is -2.17. The Labute approximate surface area is 164 Å². The second-order valence-corrected chi connectivity index (χ2v) is 6.71. The van der Waals surface area contributed by atoms with Crippen LogP contribution in [0.2, 0.25) is 0 Å². The molecule has 0 atom stereocenters. The van der Waals surface area contributed by atoms with Crippen LogP contribution in [-0.4, -0.2) is 31.8 Å². The molecule has 2 heterocycles. The van der Waals surface area contributed by atoms with E-state index in [2.05, 4.69) is 5.32 Å². The van der Waals surface area contributed by atoms with E-state index in [4.69, 9.17) is 14.2 Å². The standard InChI is InChI=1S/C21H26N2O5/c1-26-16-9-8-14(11-17(16)27-2)13-22-21(25)20-15-7-5-4-6-10-23(15)19(24)12-18(20)28-3/h8-9,11-12H,4-7,10,13H2,1-3H3,(H,22,25). The fourth-order valence-electron chi connectivity index (χ4n) is 3.58. The number of pyridine rings is 1. The lowest BCUT2D eigenvalue weighted by molar-refractivity contribution is 0.0945. The first-order valence-corrected chi connectivity index (χ1v) is 9.38. The maximum absolute atomic E-state index is 13.0. The van der Waals surface area contributed by atoms with Crippen molar-refractivity contribution in [3.63, 3.8) is 0 Å². The zero-order valence-electron chi connectivity index (χ0n) is 16.5. The van der Waals surface area contributed by atoms with E-state index >= 15 is 0 Å². The van der Waals surface area contributed by atoms with Crippen LogP contribution in [0.1, 0.15) is 40.9 Å². The summed E-state index contributed by atoms with van der Waals surface area (Å²) >= 11 is 0. The number of fused-ring (bicyclic) bond motifs is 1. The van der Waals surface area contributed by atoms with Crippen molar-refractivity contribution in [3.05, 3.63) is 51.4 Å². The molecule has 150 valence electrons.